The van der Waals surface area contributed by atoms with Crippen LogP contribution < -0.4 is 9.47 Å². The summed E-state index contributed by atoms with van der Waals surface area (Å²) in [6, 6.07) is 5.61. The van der Waals surface area contributed by atoms with Gasteiger partial charge < -0.3 is 19.3 Å². The Morgan fingerprint density at radius 2 is 2.00 bits per heavy atom. The molecule has 1 aliphatic rings. The summed E-state index contributed by atoms with van der Waals surface area (Å²) in [6.45, 7) is 4.86. The van der Waals surface area contributed by atoms with Gasteiger partial charge in [0, 0.05) is 12.8 Å². The van der Waals surface area contributed by atoms with Crippen molar-refractivity contribution in [2.75, 3.05) is 20.3 Å². The summed E-state index contributed by atoms with van der Waals surface area (Å²) in [4.78, 5) is 11.3. The summed E-state index contributed by atoms with van der Waals surface area (Å²) >= 11 is 0. The molecule has 0 unspecified atom stereocenters. The maximum Gasteiger partial charge on any atom is 0.309 e. The second-order valence-corrected chi connectivity index (χ2v) is 6.28. The second kappa shape index (κ2) is 7.01. The van der Waals surface area contributed by atoms with E-state index < -0.39 is 11.4 Å². The van der Waals surface area contributed by atoms with Crippen LogP contribution in [-0.2, 0) is 16.0 Å². The van der Waals surface area contributed by atoms with Crippen LogP contribution in [0.1, 0.15) is 32.3 Å². The van der Waals surface area contributed by atoms with Gasteiger partial charge in [-0.1, -0.05) is 6.07 Å². The van der Waals surface area contributed by atoms with Crippen molar-refractivity contribution in [2.24, 2.45) is 5.41 Å². The number of carbonyl (C=O) groups is 1. The van der Waals surface area contributed by atoms with Gasteiger partial charge >= 0.3 is 5.97 Å². The van der Waals surface area contributed by atoms with E-state index in [9.17, 15) is 9.90 Å². The fourth-order valence-corrected chi connectivity index (χ4v) is 2.48. The number of hydrogen-bond acceptors (Lipinski definition) is 4. The molecule has 0 bridgehead atoms. The SMILES string of the molecule is COc1ccc(CC(C)(C)C(=O)O)cc1OC1CCOCC1. The largest absolute Gasteiger partial charge is 0.493 e. The maximum absolute atomic E-state index is 11.3. The number of ether oxygens (including phenoxy) is 3. The molecular weight excluding hydrogens is 284 g/mol. The minimum absolute atomic E-state index is 0.116. The van der Waals surface area contributed by atoms with Crippen molar-refractivity contribution in [1.29, 1.82) is 0 Å². The summed E-state index contributed by atoms with van der Waals surface area (Å²) in [6.07, 6.45) is 2.27. The Balaban J connectivity index is 2.16. The van der Waals surface area contributed by atoms with Crippen LogP contribution in [0, 0.1) is 5.41 Å². The lowest BCUT2D eigenvalue weighted by molar-refractivity contribution is -0.146. The molecule has 1 saturated heterocycles. The highest BCUT2D eigenvalue weighted by Gasteiger charge is 2.28. The van der Waals surface area contributed by atoms with Gasteiger partial charge in [-0.25, -0.2) is 0 Å². The van der Waals surface area contributed by atoms with Crippen molar-refractivity contribution in [1.82, 2.24) is 0 Å². The summed E-state index contributed by atoms with van der Waals surface area (Å²) in [5.41, 5.74) is 0.111. The van der Waals surface area contributed by atoms with Crippen LogP contribution in [0.3, 0.4) is 0 Å². The van der Waals surface area contributed by atoms with E-state index >= 15 is 0 Å². The van der Waals surface area contributed by atoms with Gasteiger partial charge in [-0.05, 0) is 38.0 Å². The number of rotatable bonds is 6. The maximum atomic E-state index is 11.3. The van der Waals surface area contributed by atoms with E-state index in [1.54, 1.807) is 21.0 Å². The lowest BCUT2D eigenvalue weighted by Crippen LogP contribution is -2.27. The fraction of sp³-hybridized carbons (Fsp3) is 0.588. The molecule has 1 heterocycles. The average Bonchev–Trinajstić information content (AvgIpc) is 2.48. The third-order valence-electron chi connectivity index (χ3n) is 3.92. The van der Waals surface area contributed by atoms with Gasteiger partial charge in [-0.15, -0.1) is 0 Å². The first-order valence-electron chi connectivity index (χ1n) is 7.57. The topological polar surface area (TPSA) is 65.0 Å². The Morgan fingerprint density at radius 1 is 1.32 bits per heavy atom. The van der Waals surface area contributed by atoms with Gasteiger partial charge in [0.15, 0.2) is 11.5 Å². The molecule has 22 heavy (non-hydrogen) atoms. The molecule has 1 aromatic carbocycles. The molecule has 122 valence electrons. The summed E-state index contributed by atoms with van der Waals surface area (Å²) in [7, 11) is 1.60. The summed E-state index contributed by atoms with van der Waals surface area (Å²) in [5.74, 6) is 0.534. The molecule has 0 aromatic heterocycles. The molecule has 1 fully saturated rings. The van der Waals surface area contributed by atoms with Crippen LogP contribution in [0.4, 0.5) is 0 Å². The Bertz CT molecular complexity index is 518. The van der Waals surface area contributed by atoms with Crippen LogP contribution >= 0.6 is 0 Å². The molecule has 1 aliphatic heterocycles. The quantitative estimate of drug-likeness (QED) is 0.875. The van der Waals surface area contributed by atoms with E-state index in [2.05, 4.69) is 0 Å². The minimum Gasteiger partial charge on any atom is -0.493 e. The molecule has 0 atom stereocenters. The number of aliphatic carboxylic acids is 1. The first-order chi connectivity index (χ1) is 10.4. The molecule has 1 N–H and O–H groups in total. The Labute approximate surface area is 131 Å². The Kier molecular flexibility index (Phi) is 5.29. The van der Waals surface area contributed by atoms with Crippen molar-refractivity contribution in [3.8, 4) is 11.5 Å². The molecule has 5 nitrogen and oxygen atoms in total. The summed E-state index contributed by atoms with van der Waals surface area (Å²) in [5, 5.41) is 9.26. The molecule has 0 spiro atoms. The normalized spacial score (nSPS) is 16.3. The zero-order valence-electron chi connectivity index (χ0n) is 13.4. The van der Waals surface area contributed by atoms with E-state index in [4.69, 9.17) is 14.2 Å². The van der Waals surface area contributed by atoms with Gasteiger partial charge in [0.05, 0.1) is 25.7 Å². The van der Waals surface area contributed by atoms with Crippen LogP contribution in [0.15, 0.2) is 18.2 Å². The monoisotopic (exact) mass is 308 g/mol. The van der Waals surface area contributed by atoms with Gasteiger partial charge in [-0.2, -0.15) is 0 Å². The fourth-order valence-electron chi connectivity index (χ4n) is 2.48. The predicted octanol–water partition coefficient (Wildman–Crippen LogP) is 2.91. The molecular formula is C17H24O5. The lowest BCUT2D eigenvalue weighted by atomic mass is 9.86. The van der Waals surface area contributed by atoms with Crippen molar-refractivity contribution in [3.05, 3.63) is 23.8 Å². The summed E-state index contributed by atoms with van der Waals surface area (Å²) < 4.78 is 16.7. The second-order valence-electron chi connectivity index (χ2n) is 6.28. The number of benzene rings is 1. The van der Waals surface area contributed by atoms with Crippen molar-refractivity contribution in [2.45, 2.75) is 39.2 Å². The smallest absolute Gasteiger partial charge is 0.309 e. The standard InChI is InChI=1S/C17H24O5/c1-17(2,16(18)19)11-12-4-5-14(20-3)15(10-12)22-13-6-8-21-9-7-13/h4-5,10,13H,6-9,11H2,1-3H3,(H,18,19). The Morgan fingerprint density at radius 3 is 2.59 bits per heavy atom. The number of hydrogen-bond donors (Lipinski definition) is 1. The molecule has 1 aromatic rings. The van der Waals surface area contributed by atoms with Gasteiger partial charge in [0.1, 0.15) is 6.10 Å². The molecule has 0 amide bonds. The minimum atomic E-state index is -0.815. The molecule has 0 aliphatic carbocycles. The van der Waals surface area contributed by atoms with E-state index in [1.807, 2.05) is 18.2 Å². The zero-order chi connectivity index (χ0) is 16.2. The third kappa shape index (κ3) is 4.13. The zero-order valence-corrected chi connectivity index (χ0v) is 13.4. The molecule has 2 rings (SSSR count). The van der Waals surface area contributed by atoms with Crippen molar-refractivity contribution >= 4 is 5.97 Å². The highest BCUT2D eigenvalue weighted by atomic mass is 16.5. The third-order valence-corrected chi connectivity index (χ3v) is 3.92. The molecule has 0 radical (unpaired) electrons. The highest BCUT2D eigenvalue weighted by Crippen LogP contribution is 2.33. The lowest BCUT2D eigenvalue weighted by Gasteiger charge is -2.25. The van der Waals surface area contributed by atoms with Crippen LogP contribution in [-0.4, -0.2) is 37.5 Å². The number of carboxylic acids is 1. The average molecular weight is 308 g/mol. The Hall–Kier alpha value is -1.75. The van der Waals surface area contributed by atoms with Gasteiger partial charge in [-0.3, -0.25) is 4.79 Å². The van der Waals surface area contributed by atoms with Crippen LogP contribution in [0.2, 0.25) is 0 Å². The number of carboxylic acid groups (broad SMARTS) is 1. The highest BCUT2D eigenvalue weighted by molar-refractivity contribution is 5.74. The number of methoxy groups -OCH3 is 1. The van der Waals surface area contributed by atoms with Gasteiger partial charge in [0.2, 0.25) is 0 Å². The van der Waals surface area contributed by atoms with E-state index in [0.29, 0.717) is 31.1 Å². The molecule has 5 heteroatoms. The van der Waals surface area contributed by atoms with Crippen molar-refractivity contribution in [3.63, 3.8) is 0 Å². The first kappa shape index (κ1) is 16.6. The van der Waals surface area contributed by atoms with Crippen LogP contribution in [0.5, 0.6) is 11.5 Å². The van der Waals surface area contributed by atoms with Crippen LogP contribution in [0.25, 0.3) is 0 Å². The van der Waals surface area contributed by atoms with E-state index in [-0.39, 0.29) is 6.10 Å². The van der Waals surface area contributed by atoms with Gasteiger partial charge in [0.25, 0.3) is 0 Å². The van der Waals surface area contributed by atoms with Crippen molar-refractivity contribution < 1.29 is 24.1 Å². The first-order valence-corrected chi connectivity index (χ1v) is 7.57. The van der Waals surface area contributed by atoms with E-state index in [1.165, 1.54) is 0 Å². The molecule has 0 saturated carbocycles. The van der Waals surface area contributed by atoms with E-state index in [0.717, 1.165) is 18.4 Å². The predicted molar refractivity (Wildman–Crippen MR) is 82.6 cm³/mol.